The number of amides is 1. The highest BCUT2D eigenvalue weighted by Gasteiger charge is 2.36. The predicted octanol–water partition coefficient (Wildman–Crippen LogP) is 0.804. The van der Waals surface area contributed by atoms with Gasteiger partial charge in [-0.3, -0.25) is 14.5 Å². The second kappa shape index (κ2) is 5.84. The molecule has 1 aromatic carbocycles. The van der Waals surface area contributed by atoms with Gasteiger partial charge in [0.05, 0.1) is 0 Å². The van der Waals surface area contributed by atoms with E-state index in [1.54, 1.807) is 0 Å². The number of hydrogen-bond donors (Lipinski definition) is 2. The summed E-state index contributed by atoms with van der Waals surface area (Å²) in [6.45, 7) is 1.44. The average Bonchev–Trinajstić information content (AvgIpc) is 2.32. The quantitative estimate of drug-likeness (QED) is 0.794. The molecule has 1 atom stereocenters. The molecule has 102 valence electrons. The van der Waals surface area contributed by atoms with Gasteiger partial charge in [0, 0.05) is 25.4 Å². The SMILES string of the molecule is NC(=O)CCC(C(=O)O)N1CC(c2ccccc2)C1. The molecule has 1 aliphatic heterocycles. The Morgan fingerprint density at radius 3 is 2.47 bits per heavy atom. The lowest BCUT2D eigenvalue weighted by atomic mass is 9.89. The number of rotatable bonds is 6. The first-order valence-corrected chi connectivity index (χ1v) is 6.38. The van der Waals surface area contributed by atoms with Gasteiger partial charge in [0.2, 0.25) is 5.91 Å². The lowest BCUT2D eigenvalue weighted by molar-refractivity contribution is -0.145. The fourth-order valence-corrected chi connectivity index (χ4v) is 2.44. The summed E-state index contributed by atoms with van der Waals surface area (Å²) in [7, 11) is 0. The van der Waals surface area contributed by atoms with Crippen LogP contribution in [0.15, 0.2) is 30.3 Å². The summed E-state index contributed by atoms with van der Waals surface area (Å²) in [4.78, 5) is 23.8. The molecular weight excluding hydrogens is 244 g/mol. The summed E-state index contributed by atoms with van der Waals surface area (Å²) >= 11 is 0. The van der Waals surface area contributed by atoms with E-state index >= 15 is 0 Å². The maximum absolute atomic E-state index is 11.2. The highest BCUT2D eigenvalue weighted by molar-refractivity contribution is 5.77. The Balaban J connectivity index is 1.89. The van der Waals surface area contributed by atoms with E-state index in [4.69, 9.17) is 5.73 Å². The molecule has 1 aliphatic rings. The second-order valence-corrected chi connectivity index (χ2v) is 4.92. The van der Waals surface area contributed by atoms with Gasteiger partial charge < -0.3 is 10.8 Å². The predicted molar refractivity (Wildman–Crippen MR) is 70.6 cm³/mol. The number of aliphatic carboxylic acids is 1. The minimum Gasteiger partial charge on any atom is -0.480 e. The molecule has 0 spiro atoms. The Morgan fingerprint density at radius 2 is 1.95 bits per heavy atom. The molecule has 0 bridgehead atoms. The van der Waals surface area contributed by atoms with Crippen LogP contribution in [0.25, 0.3) is 0 Å². The Kier molecular flexibility index (Phi) is 4.16. The van der Waals surface area contributed by atoms with Crippen molar-refractivity contribution < 1.29 is 14.7 Å². The van der Waals surface area contributed by atoms with Crippen LogP contribution in [0.3, 0.4) is 0 Å². The molecule has 5 heteroatoms. The highest BCUT2D eigenvalue weighted by atomic mass is 16.4. The number of hydrogen-bond acceptors (Lipinski definition) is 3. The third kappa shape index (κ3) is 3.32. The topological polar surface area (TPSA) is 83.6 Å². The van der Waals surface area contributed by atoms with Crippen molar-refractivity contribution in [2.45, 2.75) is 24.8 Å². The smallest absolute Gasteiger partial charge is 0.320 e. The first-order valence-electron chi connectivity index (χ1n) is 6.38. The molecule has 1 heterocycles. The van der Waals surface area contributed by atoms with Crippen LogP contribution < -0.4 is 5.73 Å². The molecular formula is C14H18N2O3. The zero-order valence-electron chi connectivity index (χ0n) is 10.7. The van der Waals surface area contributed by atoms with Crippen molar-refractivity contribution in [3.8, 4) is 0 Å². The normalized spacial score (nSPS) is 17.7. The molecule has 19 heavy (non-hydrogen) atoms. The van der Waals surface area contributed by atoms with E-state index in [2.05, 4.69) is 12.1 Å². The third-order valence-corrected chi connectivity index (χ3v) is 3.57. The van der Waals surface area contributed by atoms with Crippen LogP contribution in [0.4, 0.5) is 0 Å². The number of nitrogens with two attached hydrogens (primary N) is 1. The summed E-state index contributed by atoms with van der Waals surface area (Å²) in [5.41, 5.74) is 6.30. The lowest BCUT2D eigenvalue weighted by Gasteiger charge is -2.43. The summed E-state index contributed by atoms with van der Waals surface area (Å²) in [6, 6.07) is 9.45. The number of carboxylic acid groups (broad SMARTS) is 1. The van der Waals surface area contributed by atoms with Crippen molar-refractivity contribution in [2.75, 3.05) is 13.1 Å². The van der Waals surface area contributed by atoms with Crippen LogP contribution in [-0.4, -0.2) is 41.0 Å². The van der Waals surface area contributed by atoms with Gasteiger partial charge in [0.15, 0.2) is 0 Å². The van der Waals surface area contributed by atoms with Crippen LogP contribution >= 0.6 is 0 Å². The van der Waals surface area contributed by atoms with Crippen molar-refractivity contribution in [3.05, 3.63) is 35.9 Å². The van der Waals surface area contributed by atoms with Crippen LogP contribution in [0.1, 0.15) is 24.3 Å². The number of carboxylic acids is 1. The molecule has 0 aliphatic carbocycles. The summed E-state index contributed by atoms with van der Waals surface area (Å²) < 4.78 is 0. The fraction of sp³-hybridized carbons (Fsp3) is 0.429. The zero-order valence-corrected chi connectivity index (χ0v) is 10.7. The molecule has 0 aromatic heterocycles. The van der Waals surface area contributed by atoms with Gasteiger partial charge in [-0.25, -0.2) is 0 Å². The maximum atomic E-state index is 11.2. The summed E-state index contributed by atoms with van der Waals surface area (Å²) in [5.74, 6) is -0.948. The number of carbonyl (C=O) groups is 2. The Morgan fingerprint density at radius 1 is 1.32 bits per heavy atom. The second-order valence-electron chi connectivity index (χ2n) is 4.92. The molecule has 1 aromatic rings. The number of nitrogens with zero attached hydrogens (tertiary/aromatic N) is 1. The first kappa shape index (κ1) is 13.5. The monoisotopic (exact) mass is 262 g/mol. The van der Waals surface area contributed by atoms with E-state index in [1.807, 2.05) is 23.1 Å². The van der Waals surface area contributed by atoms with Crippen molar-refractivity contribution >= 4 is 11.9 Å². The molecule has 2 rings (SSSR count). The van der Waals surface area contributed by atoms with Gasteiger partial charge in [-0.2, -0.15) is 0 Å². The molecule has 3 N–H and O–H groups in total. The fourth-order valence-electron chi connectivity index (χ4n) is 2.44. The van der Waals surface area contributed by atoms with E-state index in [-0.39, 0.29) is 12.8 Å². The number of likely N-dealkylation sites (tertiary alicyclic amines) is 1. The van der Waals surface area contributed by atoms with Gasteiger partial charge in [-0.15, -0.1) is 0 Å². The minimum absolute atomic E-state index is 0.115. The van der Waals surface area contributed by atoms with Gasteiger partial charge in [0.25, 0.3) is 0 Å². The van der Waals surface area contributed by atoms with Gasteiger partial charge >= 0.3 is 5.97 Å². The first-order chi connectivity index (χ1) is 9.08. The van der Waals surface area contributed by atoms with Crippen LogP contribution in [-0.2, 0) is 9.59 Å². The number of primary amides is 1. The molecule has 1 saturated heterocycles. The van der Waals surface area contributed by atoms with Crippen molar-refractivity contribution in [1.82, 2.24) is 4.90 Å². The van der Waals surface area contributed by atoms with Crippen molar-refractivity contribution in [2.24, 2.45) is 5.73 Å². The molecule has 0 saturated carbocycles. The molecule has 0 radical (unpaired) electrons. The van der Waals surface area contributed by atoms with E-state index < -0.39 is 17.9 Å². The van der Waals surface area contributed by atoms with E-state index in [9.17, 15) is 14.7 Å². The minimum atomic E-state index is -0.882. The van der Waals surface area contributed by atoms with Crippen molar-refractivity contribution in [1.29, 1.82) is 0 Å². The Hall–Kier alpha value is -1.88. The zero-order chi connectivity index (χ0) is 13.8. The van der Waals surface area contributed by atoms with E-state index in [0.29, 0.717) is 5.92 Å². The molecule has 5 nitrogen and oxygen atoms in total. The number of carbonyl (C=O) groups excluding carboxylic acids is 1. The van der Waals surface area contributed by atoms with Crippen LogP contribution in [0.2, 0.25) is 0 Å². The summed E-state index contributed by atoms with van der Waals surface area (Å²) in [5, 5.41) is 9.18. The lowest BCUT2D eigenvalue weighted by Crippen LogP contribution is -2.53. The van der Waals surface area contributed by atoms with Gasteiger partial charge in [0.1, 0.15) is 6.04 Å². The Bertz CT molecular complexity index is 455. The standard InChI is InChI=1S/C14H18N2O3/c15-13(17)7-6-12(14(18)19)16-8-11(9-16)10-4-2-1-3-5-10/h1-5,11-12H,6-9H2,(H2,15,17)(H,18,19). The van der Waals surface area contributed by atoms with Gasteiger partial charge in [-0.1, -0.05) is 30.3 Å². The van der Waals surface area contributed by atoms with E-state index in [0.717, 1.165) is 13.1 Å². The van der Waals surface area contributed by atoms with E-state index in [1.165, 1.54) is 5.56 Å². The third-order valence-electron chi connectivity index (χ3n) is 3.57. The van der Waals surface area contributed by atoms with Crippen molar-refractivity contribution in [3.63, 3.8) is 0 Å². The molecule has 1 fully saturated rings. The number of benzene rings is 1. The summed E-state index contributed by atoms with van der Waals surface area (Å²) in [6.07, 6.45) is 0.398. The van der Waals surface area contributed by atoms with Gasteiger partial charge in [-0.05, 0) is 12.0 Å². The highest BCUT2D eigenvalue weighted by Crippen LogP contribution is 2.29. The van der Waals surface area contributed by atoms with Crippen LogP contribution in [0, 0.1) is 0 Å². The van der Waals surface area contributed by atoms with Crippen LogP contribution in [0.5, 0.6) is 0 Å². The average molecular weight is 262 g/mol. The maximum Gasteiger partial charge on any atom is 0.320 e. The molecule has 1 unspecified atom stereocenters. The largest absolute Gasteiger partial charge is 0.480 e. The molecule has 1 amide bonds. The Labute approximate surface area is 112 Å².